The lowest BCUT2D eigenvalue weighted by Crippen LogP contribution is -1.99. The van der Waals surface area contributed by atoms with Gasteiger partial charge in [0, 0.05) is 17.5 Å². The fourth-order valence-corrected chi connectivity index (χ4v) is 2.76. The van der Waals surface area contributed by atoms with Crippen molar-refractivity contribution in [2.24, 2.45) is 0 Å². The third-order valence-electron chi connectivity index (χ3n) is 1.69. The molecule has 72 valence electrons. The number of Topliss-reactive ketones (excluding diaryl/α,β-unsaturated/α-hetero) is 1. The smallest absolute Gasteiger partial charge is 0.179 e. The molecule has 5 heteroatoms. The van der Waals surface area contributed by atoms with E-state index in [1.165, 1.54) is 22.7 Å². The van der Waals surface area contributed by atoms with Gasteiger partial charge in [0.25, 0.3) is 0 Å². The van der Waals surface area contributed by atoms with Crippen LogP contribution in [0, 0.1) is 0 Å². The first-order valence-corrected chi connectivity index (χ1v) is 6.04. The van der Waals surface area contributed by atoms with Crippen molar-refractivity contribution in [2.75, 3.05) is 0 Å². The predicted molar refractivity (Wildman–Crippen MR) is 59.5 cm³/mol. The van der Waals surface area contributed by atoms with Gasteiger partial charge in [0.05, 0.1) is 15.4 Å². The van der Waals surface area contributed by atoms with Crippen LogP contribution in [0.15, 0.2) is 23.2 Å². The number of thiazole rings is 1. The second-order valence-corrected chi connectivity index (χ2v) is 4.96. The van der Waals surface area contributed by atoms with Crippen LogP contribution in [0.2, 0.25) is 5.02 Å². The molecule has 0 N–H and O–H groups in total. The van der Waals surface area contributed by atoms with Crippen molar-refractivity contribution in [1.82, 2.24) is 4.98 Å². The first kappa shape index (κ1) is 9.83. The number of ketones is 1. The van der Waals surface area contributed by atoms with Gasteiger partial charge in [-0.05, 0) is 11.4 Å². The number of rotatable bonds is 3. The molecule has 2 aromatic heterocycles. The number of halogens is 1. The summed E-state index contributed by atoms with van der Waals surface area (Å²) in [6.07, 6.45) is 2.11. The second-order valence-electron chi connectivity index (χ2n) is 2.67. The Labute approximate surface area is 94.2 Å². The number of carbonyl (C=O) groups is 1. The molecule has 2 nitrogen and oxygen atoms in total. The minimum atomic E-state index is 0.0641. The Morgan fingerprint density at radius 3 is 2.93 bits per heavy atom. The van der Waals surface area contributed by atoms with E-state index in [2.05, 4.69) is 4.98 Å². The third kappa shape index (κ3) is 2.03. The van der Waals surface area contributed by atoms with Gasteiger partial charge in [0.15, 0.2) is 5.78 Å². The quantitative estimate of drug-likeness (QED) is 0.775. The highest BCUT2D eigenvalue weighted by Gasteiger charge is 2.12. The molecule has 0 aromatic carbocycles. The molecule has 0 spiro atoms. The third-order valence-corrected chi connectivity index (χ3v) is 3.85. The van der Waals surface area contributed by atoms with Crippen LogP contribution >= 0.6 is 34.3 Å². The summed E-state index contributed by atoms with van der Waals surface area (Å²) in [5.74, 6) is 0.0641. The van der Waals surface area contributed by atoms with E-state index in [-0.39, 0.29) is 5.78 Å². The van der Waals surface area contributed by atoms with Gasteiger partial charge in [-0.2, -0.15) is 0 Å². The van der Waals surface area contributed by atoms with Gasteiger partial charge in [-0.25, -0.2) is 0 Å². The normalized spacial score (nSPS) is 10.4. The zero-order chi connectivity index (χ0) is 9.97. The highest BCUT2D eigenvalue weighted by atomic mass is 35.5. The van der Waals surface area contributed by atoms with E-state index in [9.17, 15) is 4.79 Å². The maximum Gasteiger partial charge on any atom is 0.179 e. The minimum absolute atomic E-state index is 0.0641. The van der Waals surface area contributed by atoms with Crippen LogP contribution in [0.25, 0.3) is 0 Å². The van der Waals surface area contributed by atoms with E-state index in [1.54, 1.807) is 17.8 Å². The second kappa shape index (κ2) is 4.21. The van der Waals surface area contributed by atoms with E-state index >= 15 is 0 Å². The fraction of sp³-hybridized carbons (Fsp3) is 0.111. The van der Waals surface area contributed by atoms with Crippen molar-refractivity contribution in [2.45, 2.75) is 6.42 Å². The first-order chi connectivity index (χ1) is 6.77. The Kier molecular flexibility index (Phi) is 2.96. The predicted octanol–water partition coefficient (Wildman–Crippen LogP) is 3.28. The molecular formula is C9H6ClNOS2. The average molecular weight is 244 g/mol. The van der Waals surface area contributed by atoms with Crippen molar-refractivity contribution in [3.63, 3.8) is 0 Å². The summed E-state index contributed by atoms with van der Waals surface area (Å²) >= 11 is 8.72. The van der Waals surface area contributed by atoms with Crippen molar-refractivity contribution in [1.29, 1.82) is 0 Å². The molecule has 0 radical (unpaired) electrons. The fourth-order valence-electron chi connectivity index (χ4n) is 1.06. The Bertz CT molecular complexity index is 435. The molecule has 0 saturated heterocycles. The number of hydrogen-bond acceptors (Lipinski definition) is 4. The standard InChI is InChI=1S/C9H6ClNOS2/c10-7-1-2-13-9(7)8(12)3-6-4-11-5-14-6/h1-2,4-5H,3H2. The highest BCUT2D eigenvalue weighted by molar-refractivity contribution is 7.13. The van der Waals surface area contributed by atoms with Gasteiger partial charge < -0.3 is 0 Å². The van der Waals surface area contributed by atoms with Crippen LogP contribution in [-0.2, 0) is 6.42 Å². The van der Waals surface area contributed by atoms with Crippen molar-refractivity contribution in [3.8, 4) is 0 Å². The van der Waals surface area contributed by atoms with Gasteiger partial charge in [-0.1, -0.05) is 11.6 Å². The summed E-state index contributed by atoms with van der Waals surface area (Å²) in [5, 5.41) is 2.37. The van der Waals surface area contributed by atoms with Crippen molar-refractivity contribution < 1.29 is 4.79 Å². The number of thiophene rings is 1. The van der Waals surface area contributed by atoms with Gasteiger partial charge in [-0.3, -0.25) is 9.78 Å². The number of hydrogen-bond donors (Lipinski definition) is 0. The largest absolute Gasteiger partial charge is 0.293 e. The lowest BCUT2D eigenvalue weighted by molar-refractivity contribution is 0.0998. The molecule has 0 aliphatic carbocycles. The van der Waals surface area contributed by atoms with E-state index in [1.807, 2.05) is 5.38 Å². The molecule has 0 bridgehead atoms. The molecule has 0 atom stereocenters. The van der Waals surface area contributed by atoms with E-state index in [4.69, 9.17) is 11.6 Å². The average Bonchev–Trinajstić information content (AvgIpc) is 2.75. The first-order valence-electron chi connectivity index (χ1n) is 3.91. The van der Waals surface area contributed by atoms with Crippen LogP contribution < -0.4 is 0 Å². The summed E-state index contributed by atoms with van der Waals surface area (Å²) in [4.78, 5) is 17.2. The van der Waals surface area contributed by atoms with Gasteiger partial charge in [-0.15, -0.1) is 22.7 Å². The van der Waals surface area contributed by atoms with E-state index in [0.29, 0.717) is 16.3 Å². The molecule has 0 aliphatic heterocycles. The lowest BCUT2D eigenvalue weighted by Gasteiger charge is -1.94. The van der Waals surface area contributed by atoms with Gasteiger partial charge >= 0.3 is 0 Å². The lowest BCUT2D eigenvalue weighted by atomic mass is 10.2. The Morgan fingerprint density at radius 2 is 2.36 bits per heavy atom. The monoisotopic (exact) mass is 243 g/mol. The molecule has 2 heterocycles. The molecule has 14 heavy (non-hydrogen) atoms. The molecular weight excluding hydrogens is 238 g/mol. The van der Waals surface area contributed by atoms with Gasteiger partial charge in [0.1, 0.15) is 0 Å². The molecule has 0 fully saturated rings. The summed E-state index contributed by atoms with van der Waals surface area (Å²) in [7, 11) is 0. The Hall–Kier alpha value is -0.710. The summed E-state index contributed by atoms with van der Waals surface area (Å²) in [5.41, 5.74) is 1.72. The van der Waals surface area contributed by atoms with Crippen LogP contribution in [-0.4, -0.2) is 10.8 Å². The molecule has 2 rings (SSSR count). The summed E-state index contributed by atoms with van der Waals surface area (Å²) in [6, 6.07) is 1.74. The number of aromatic nitrogens is 1. The summed E-state index contributed by atoms with van der Waals surface area (Å²) < 4.78 is 0. The molecule has 0 saturated carbocycles. The Morgan fingerprint density at radius 1 is 1.50 bits per heavy atom. The molecule has 0 aliphatic rings. The molecule has 0 unspecified atom stereocenters. The molecule has 2 aromatic rings. The molecule has 0 amide bonds. The summed E-state index contributed by atoms with van der Waals surface area (Å²) in [6.45, 7) is 0. The van der Waals surface area contributed by atoms with Crippen LogP contribution in [0.4, 0.5) is 0 Å². The van der Waals surface area contributed by atoms with Gasteiger partial charge in [0.2, 0.25) is 0 Å². The van der Waals surface area contributed by atoms with Crippen LogP contribution in [0.1, 0.15) is 14.5 Å². The SMILES string of the molecule is O=C(Cc1cncs1)c1sccc1Cl. The zero-order valence-electron chi connectivity index (χ0n) is 7.07. The highest BCUT2D eigenvalue weighted by Crippen LogP contribution is 2.24. The van der Waals surface area contributed by atoms with E-state index in [0.717, 1.165) is 4.88 Å². The van der Waals surface area contributed by atoms with Crippen molar-refractivity contribution >= 4 is 40.1 Å². The number of carbonyl (C=O) groups excluding carboxylic acids is 1. The maximum atomic E-state index is 11.7. The van der Waals surface area contributed by atoms with Crippen LogP contribution in [0.3, 0.4) is 0 Å². The maximum absolute atomic E-state index is 11.7. The topological polar surface area (TPSA) is 30.0 Å². The minimum Gasteiger partial charge on any atom is -0.293 e. The van der Waals surface area contributed by atoms with E-state index < -0.39 is 0 Å². The zero-order valence-corrected chi connectivity index (χ0v) is 9.46. The Balaban J connectivity index is 2.14. The van der Waals surface area contributed by atoms with Crippen LogP contribution in [0.5, 0.6) is 0 Å². The van der Waals surface area contributed by atoms with Crippen molar-refractivity contribution in [3.05, 3.63) is 37.9 Å². The number of nitrogens with zero attached hydrogens (tertiary/aromatic N) is 1.